The molecule has 28 heavy (non-hydrogen) atoms. The number of nitrogens with two attached hydrogens (primary N) is 2. The summed E-state index contributed by atoms with van der Waals surface area (Å²) in [5, 5.41) is 11.8. The Morgan fingerprint density at radius 2 is 1.04 bits per heavy atom. The second kappa shape index (κ2) is 10.1. The number of nitrogen functional groups attached to an aromatic ring is 1. The van der Waals surface area contributed by atoms with E-state index in [0.717, 1.165) is 55.3 Å². The van der Waals surface area contributed by atoms with Crippen LogP contribution >= 0.6 is 0 Å². The van der Waals surface area contributed by atoms with Crippen molar-refractivity contribution in [1.82, 2.24) is 0 Å². The van der Waals surface area contributed by atoms with E-state index in [1.54, 1.807) is 0 Å². The molecule has 2 aliphatic rings. The highest BCUT2D eigenvalue weighted by atomic mass is 16.3. The maximum absolute atomic E-state index is 11.8. The van der Waals surface area contributed by atoms with E-state index in [9.17, 15) is 5.11 Å². The van der Waals surface area contributed by atoms with Gasteiger partial charge in [0.25, 0.3) is 0 Å². The predicted molar refractivity (Wildman–Crippen MR) is 119 cm³/mol. The van der Waals surface area contributed by atoms with Crippen LogP contribution in [0.25, 0.3) is 0 Å². The van der Waals surface area contributed by atoms with Crippen molar-refractivity contribution in [2.45, 2.75) is 120 Å². The summed E-state index contributed by atoms with van der Waals surface area (Å²) in [5.41, 5.74) is 15.2. The maximum Gasteiger partial charge on any atom is 0.0899 e. The van der Waals surface area contributed by atoms with Crippen molar-refractivity contribution < 1.29 is 5.11 Å². The van der Waals surface area contributed by atoms with Crippen LogP contribution in [0, 0.1) is 0 Å². The van der Waals surface area contributed by atoms with Gasteiger partial charge in [-0.3, -0.25) is 0 Å². The third kappa shape index (κ3) is 5.51. The monoisotopic (exact) mass is 386 g/mol. The van der Waals surface area contributed by atoms with Crippen molar-refractivity contribution in [3.05, 3.63) is 29.3 Å². The first-order valence-corrected chi connectivity index (χ1v) is 12.0. The minimum Gasteiger partial charge on any atom is -0.399 e. The molecule has 3 rings (SSSR count). The molecule has 5 N–H and O–H groups in total. The Balaban J connectivity index is 1.95. The number of benzene rings is 1. The summed E-state index contributed by atoms with van der Waals surface area (Å²) >= 11 is 0. The zero-order valence-corrected chi connectivity index (χ0v) is 17.9. The summed E-state index contributed by atoms with van der Waals surface area (Å²) in [6.45, 7) is 0. The van der Waals surface area contributed by atoms with E-state index in [1.165, 1.54) is 70.6 Å². The van der Waals surface area contributed by atoms with E-state index in [1.807, 2.05) is 6.07 Å². The van der Waals surface area contributed by atoms with Gasteiger partial charge in [0.15, 0.2) is 0 Å². The van der Waals surface area contributed by atoms with Gasteiger partial charge < -0.3 is 16.6 Å². The molecule has 2 aliphatic carbocycles. The molecular weight excluding hydrogens is 344 g/mol. The second-order valence-corrected chi connectivity index (χ2v) is 9.59. The van der Waals surface area contributed by atoms with E-state index >= 15 is 0 Å². The average Bonchev–Trinajstić information content (AvgIpc) is 2.79. The fourth-order valence-corrected chi connectivity index (χ4v) is 5.48. The van der Waals surface area contributed by atoms with Crippen LogP contribution in [0.1, 0.15) is 120 Å². The first kappa shape index (κ1) is 21.6. The van der Waals surface area contributed by atoms with Crippen LogP contribution in [0.3, 0.4) is 0 Å². The average molecular weight is 387 g/mol. The number of aliphatic hydroxyl groups is 1. The predicted octanol–water partition coefficient (Wildman–Crippen LogP) is 6.27. The molecule has 1 aromatic rings. The minimum absolute atomic E-state index is 0.365. The van der Waals surface area contributed by atoms with Crippen molar-refractivity contribution in [2.75, 3.05) is 5.73 Å². The summed E-state index contributed by atoms with van der Waals surface area (Å²) in [6.07, 6.45) is 19.8. The van der Waals surface area contributed by atoms with Crippen LogP contribution in [-0.4, -0.2) is 5.11 Å². The van der Waals surface area contributed by atoms with Crippen molar-refractivity contribution in [1.29, 1.82) is 0 Å². The van der Waals surface area contributed by atoms with Gasteiger partial charge in [0, 0.05) is 11.2 Å². The molecule has 0 unspecified atom stereocenters. The van der Waals surface area contributed by atoms with Crippen molar-refractivity contribution in [3.8, 4) is 0 Å². The molecule has 0 radical (unpaired) electrons. The zero-order chi connectivity index (χ0) is 19.9. The Morgan fingerprint density at radius 3 is 1.54 bits per heavy atom. The number of hydrogen-bond donors (Lipinski definition) is 3. The molecule has 0 bridgehead atoms. The first-order chi connectivity index (χ1) is 13.5. The van der Waals surface area contributed by atoms with Gasteiger partial charge in [0.2, 0.25) is 0 Å². The van der Waals surface area contributed by atoms with Crippen molar-refractivity contribution >= 4 is 5.69 Å². The van der Waals surface area contributed by atoms with Gasteiger partial charge in [0.05, 0.1) is 5.60 Å². The molecule has 0 heterocycles. The number of hydrogen-bond acceptors (Lipinski definition) is 3. The Bertz CT molecular complexity index is 593. The minimum atomic E-state index is -0.755. The van der Waals surface area contributed by atoms with Crippen LogP contribution < -0.4 is 11.5 Å². The fourth-order valence-electron chi connectivity index (χ4n) is 5.48. The summed E-state index contributed by atoms with van der Waals surface area (Å²) < 4.78 is 0. The summed E-state index contributed by atoms with van der Waals surface area (Å²) in [7, 11) is 0. The van der Waals surface area contributed by atoms with Crippen LogP contribution in [0.5, 0.6) is 0 Å². The van der Waals surface area contributed by atoms with Gasteiger partial charge in [-0.25, -0.2) is 0 Å². The zero-order valence-electron chi connectivity index (χ0n) is 17.9. The Morgan fingerprint density at radius 1 is 0.607 bits per heavy atom. The normalized spacial score (nSPS) is 24.5. The molecule has 0 aromatic heterocycles. The van der Waals surface area contributed by atoms with E-state index in [-0.39, 0.29) is 5.54 Å². The highest BCUT2D eigenvalue weighted by Crippen LogP contribution is 2.43. The summed E-state index contributed by atoms with van der Waals surface area (Å²) in [6, 6.07) is 6.15. The molecule has 1 aromatic carbocycles. The van der Waals surface area contributed by atoms with Gasteiger partial charge >= 0.3 is 0 Å². The van der Waals surface area contributed by atoms with E-state index in [0.29, 0.717) is 0 Å². The third-order valence-electron chi connectivity index (χ3n) is 7.26. The van der Waals surface area contributed by atoms with Crippen LogP contribution in [0.15, 0.2) is 18.2 Å². The topological polar surface area (TPSA) is 72.3 Å². The molecule has 3 heteroatoms. The molecule has 158 valence electrons. The quantitative estimate of drug-likeness (QED) is 0.524. The fraction of sp³-hybridized carbons (Fsp3) is 0.760. The molecular formula is C25H42N2O. The maximum atomic E-state index is 11.8. The number of anilines is 1. The Labute approximate surface area is 172 Å². The van der Waals surface area contributed by atoms with Gasteiger partial charge in [-0.05, 0) is 48.9 Å². The van der Waals surface area contributed by atoms with Gasteiger partial charge in [0.1, 0.15) is 0 Å². The van der Waals surface area contributed by atoms with Crippen LogP contribution in [0.2, 0.25) is 0 Å². The summed E-state index contributed by atoms with van der Waals surface area (Å²) in [5.74, 6) is 0. The number of rotatable bonds is 2. The molecule has 0 saturated heterocycles. The smallest absolute Gasteiger partial charge is 0.0899 e. The molecule has 3 nitrogen and oxygen atoms in total. The first-order valence-electron chi connectivity index (χ1n) is 12.0. The van der Waals surface area contributed by atoms with Crippen molar-refractivity contribution in [2.24, 2.45) is 5.73 Å². The standard InChI is InChI=1S/C25H42N2O/c26-21-14-15-22(25(28)18-12-8-4-5-9-13-19-25)23(20-21)24(27)16-10-6-2-1-3-7-11-17-24/h14-15,20,28H,1-13,16-19,26-27H2. The second-order valence-electron chi connectivity index (χ2n) is 9.59. The highest BCUT2D eigenvalue weighted by Gasteiger charge is 2.37. The van der Waals surface area contributed by atoms with E-state index in [4.69, 9.17) is 11.5 Å². The molecule has 2 saturated carbocycles. The largest absolute Gasteiger partial charge is 0.399 e. The molecule has 0 aliphatic heterocycles. The Hall–Kier alpha value is -1.06. The lowest BCUT2D eigenvalue weighted by atomic mass is 9.73. The van der Waals surface area contributed by atoms with Gasteiger partial charge in [-0.15, -0.1) is 0 Å². The van der Waals surface area contributed by atoms with Crippen LogP contribution in [-0.2, 0) is 11.1 Å². The van der Waals surface area contributed by atoms with E-state index < -0.39 is 5.60 Å². The lowest BCUT2D eigenvalue weighted by Gasteiger charge is -2.38. The van der Waals surface area contributed by atoms with Gasteiger partial charge in [-0.2, -0.15) is 0 Å². The van der Waals surface area contributed by atoms with Crippen molar-refractivity contribution in [3.63, 3.8) is 0 Å². The molecule has 0 atom stereocenters. The van der Waals surface area contributed by atoms with Gasteiger partial charge in [-0.1, -0.05) is 89.5 Å². The van der Waals surface area contributed by atoms with E-state index in [2.05, 4.69) is 12.1 Å². The molecule has 2 fully saturated rings. The van der Waals surface area contributed by atoms with Crippen LogP contribution in [0.4, 0.5) is 5.69 Å². The summed E-state index contributed by atoms with van der Waals surface area (Å²) in [4.78, 5) is 0. The lowest BCUT2D eigenvalue weighted by molar-refractivity contribution is 0.0129. The lowest BCUT2D eigenvalue weighted by Crippen LogP contribution is -2.41. The third-order valence-corrected chi connectivity index (χ3v) is 7.26. The molecule has 0 amide bonds. The Kier molecular flexibility index (Phi) is 7.82. The highest BCUT2D eigenvalue weighted by molar-refractivity contribution is 5.49. The SMILES string of the molecule is Nc1ccc(C2(O)CCCCCCCC2)c(C2(N)CCCCCCCCC2)c1. The molecule has 0 spiro atoms.